The van der Waals surface area contributed by atoms with Crippen LogP contribution in [0.25, 0.3) is 0 Å². The van der Waals surface area contributed by atoms with Gasteiger partial charge in [-0.1, -0.05) is 36.4 Å². The molecule has 2 aromatic rings. The Morgan fingerprint density at radius 1 is 0.885 bits per heavy atom. The first-order valence-corrected chi connectivity index (χ1v) is 7.97. The third kappa shape index (κ3) is 5.87. The van der Waals surface area contributed by atoms with Crippen molar-refractivity contribution in [3.8, 4) is 5.75 Å². The molecule has 0 saturated carbocycles. The molecule has 0 heterocycles. The van der Waals surface area contributed by atoms with Crippen LogP contribution in [-0.2, 0) is 9.53 Å². The van der Waals surface area contributed by atoms with E-state index in [1.54, 1.807) is 42.5 Å². The zero-order valence-corrected chi connectivity index (χ0v) is 14.3. The normalized spacial score (nSPS) is 10.8. The van der Waals surface area contributed by atoms with Gasteiger partial charge in [0.1, 0.15) is 5.75 Å². The number of rotatable bonds is 7. The number of ketones is 1. The van der Waals surface area contributed by atoms with E-state index >= 15 is 0 Å². The van der Waals surface area contributed by atoms with Crippen molar-refractivity contribution < 1.29 is 23.9 Å². The van der Waals surface area contributed by atoms with Gasteiger partial charge >= 0.3 is 11.9 Å². The lowest BCUT2D eigenvalue weighted by Gasteiger charge is -2.06. The highest BCUT2D eigenvalue weighted by Gasteiger charge is 2.11. The van der Waals surface area contributed by atoms with E-state index in [0.717, 1.165) is 0 Å². The van der Waals surface area contributed by atoms with E-state index in [1.165, 1.54) is 36.4 Å². The minimum Gasteiger partial charge on any atom is -0.454 e. The molecule has 0 spiro atoms. The van der Waals surface area contributed by atoms with Crippen molar-refractivity contribution in [2.45, 2.75) is 6.92 Å². The van der Waals surface area contributed by atoms with Crippen molar-refractivity contribution in [2.75, 3.05) is 6.61 Å². The number of carbonyl (C=O) groups is 3. The van der Waals surface area contributed by atoms with Crippen molar-refractivity contribution in [1.82, 2.24) is 0 Å². The number of allylic oxidation sites excluding steroid dienone is 3. The fourth-order valence-electron chi connectivity index (χ4n) is 1.96. The van der Waals surface area contributed by atoms with Crippen LogP contribution in [-0.4, -0.2) is 24.3 Å². The summed E-state index contributed by atoms with van der Waals surface area (Å²) < 4.78 is 10.1. The Kier molecular flexibility index (Phi) is 7.06. The van der Waals surface area contributed by atoms with E-state index < -0.39 is 11.9 Å². The molecule has 0 radical (unpaired) electrons. The van der Waals surface area contributed by atoms with Gasteiger partial charge in [-0.3, -0.25) is 4.79 Å². The number of benzene rings is 2. The van der Waals surface area contributed by atoms with Gasteiger partial charge in [0.15, 0.2) is 12.4 Å². The molecule has 2 rings (SSSR count). The van der Waals surface area contributed by atoms with Crippen molar-refractivity contribution in [1.29, 1.82) is 0 Å². The molecule has 0 bridgehead atoms. The van der Waals surface area contributed by atoms with Crippen LogP contribution in [0.3, 0.4) is 0 Å². The van der Waals surface area contributed by atoms with Gasteiger partial charge in [0, 0.05) is 11.6 Å². The van der Waals surface area contributed by atoms with Crippen LogP contribution >= 0.6 is 0 Å². The second-order valence-electron chi connectivity index (χ2n) is 5.20. The average molecular weight is 350 g/mol. The summed E-state index contributed by atoms with van der Waals surface area (Å²) >= 11 is 0. The molecule has 0 aliphatic carbocycles. The lowest BCUT2D eigenvalue weighted by molar-refractivity contribution is -0.136. The van der Waals surface area contributed by atoms with E-state index in [-0.39, 0.29) is 12.4 Å². The van der Waals surface area contributed by atoms with E-state index in [1.807, 2.05) is 6.92 Å². The molecule has 5 nitrogen and oxygen atoms in total. The molecule has 0 amide bonds. The Bertz CT molecular complexity index is 817. The van der Waals surface area contributed by atoms with Gasteiger partial charge in [-0.05, 0) is 43.3 Å². The number of esters is 2. The summed E-state index contributed by atoms with van der Waals surface area (Å²) in [6, 6.07) is 14.7. The van der Waals surface area contributed by atoms with Crippen molar-refractivity contribution in [3.05, 3.63) is 90.0 Å². The Balaban J connectivity index is 1.89. The molecule has 0 N–H and O–H groups in total. The van der Waals surface area contributed by atoms with Crippen LogP contribution in [0.5, 0.6) is 5.75 Å². The number of Topliss-reactive ketones (excluding diaryl/α,β-unsaturated/α-hetero) is 1. The largest absolute Gasteiger partial charge is 0.454 e. The Labute approximate surface area is 151 Å². The van der Waals surface area contributed by atoms with Crippen LogP contribution in [0.4, 0.5) is 0 Å². The SMILES string of the molecule is CC=CC=CC(=O)OCC(=O)c1ccc(OC(=O)c2ccccc2)cc1. The minimum absolute atomic E-state index is 0.321. The zero-order valence-electron chi connectivity index (χ0n) is 14.3. The maximum Gasteiger partial charge on any atom is 0.343 e. The summed E-state index contributed by atoms with van der Waals surface area (Å²) in [5, 5.41) is 0. The molecule has 0 unspecified atom stereocenters. The first-order valence-electron chi connectivity index (χ1n) is 7.97. The monoisotopic (exact) mass is 350 g/mol. The molecule has 2 aromatic carbocycles. The quantitative estimate of drug-likeness (QED) is 0.250. The summed E-state index contributed by atoms with van der Waals surface area (Å²) in [6.45, 7) is 1.46. The van der Waals surface area contributed by atoms with Gasteiger partial charge in [0.2, 0.25) is 0 Å². The van der Waals surface area contributed by atoms with Crippen molar-refractivity contribution in [3.63, 3.8) is 0 Å². The number of carbonyl (C=O) groups excluding carboxylic acids is 3. The molecule has 0 atom stereocenters. The lowest BCUT2D eigenvalue weighted by Crippen LogP contribution is -2.13. The Hall–Kier alpha value is -3.47. The zero-order chi connectivity index (χ0) is 18.8. The van der Waals surface area contributed by atoms with Gasteiger partial charge in [-0.15, -0.1) is 0 Å². The van der Waals surface area contributed by atoms with Gasteiger partial charge in [-0.2, -0.15) is 0 Å². The molecular formula is C21H18O5. The summed E-state index contributed by atoms with van der Waals surface area (Å²) in [4.78, 5) is 35.4. The van der Waals surface area contributed by atoms with Crippen LogP contribution in [0.1, 0.15) is 27.6 Å². The first-order chi connectivity index (χ1) is 12.6. The summed E-state index contributed by atoms with van der Waals surface area (Å²) in [5.74, 6) is -1.10. The van der Waals surface area contributed by atoms with Gasteiger partial charge in [-0.25, -0.2) is 9.59 Å². The van der Waals surface area contributed by atoms with Crippen molar-refractivity contribution >= 4 is 17.7 Å². The molecular weight excluding hydrogens is 332 g/mol. The summed E-state index contributed by atoms with van der Waals surface area (Å²) in [7, 11) is 0. The lowest BCUT2D eigenvalue weighted by atomic mass is 10.1. The molecule has 0 aromatic heterocycles. The third-order valence-electron chi connectivity index (χ3n) is 3.28. The van der Waals surface area contributed by atoms with Crippen LogP contribution in [0, 0.1) is 0 Å². The second kappa shape index (κ2) is 9.74. The molecule has 0 aliphatic rings. The minimum atomic E-state index is -0.593. The van der Waals surface area contributed by atoms with Gasteiger partial charge < -0.3 is 9.47 Å². The summed E-state index contributed by atoms with van der Waals surface area (Å²) in [5.41, 5.74) is 0.792. The van der Waals surface area contributed by atoms with Gasteiger partial charge in [0.25, 0.3) is 0 Å². The van der Waals surface area contributed by atoms with Gasteiger partial charge in [0.05, 0.1) is 5.56 Å². The molecule has 0 fully saturated rings. The van der Waals surface area contributed by atoms with E-state index in [2.05, 4.69) is 0 Å². The number of hydrogen-bond acceptors (Lipinski definition) is 5. The fourth-order valence-corrected chi connectivity index (χ4v) is 1.96. The van der Waals surface area contributed by atoms with E-state index in [4.69, 9.17) is 9.47 Å². The first kappa shape index (κ1) is 18.9. The number of hydrogen-bond donors (Lipinski definition) is 0. The maximum atomic E-state index is 12.0. The molecule has 0 aliphatic heterocycles. The summed E-state index contributed by atoms with van der Waals surface area (Å²) in [6.07, 6.45) is 6.21. The molecule has 0 saturated heterocycles. The topological polar surface area (TPSA) is 69.7 Å². The smallest absolute Gasteiger partial charge is 0.343 e. The maximum absolute atomic E-state index is 12.0. The Morgan fingerprint density at radius 3 is 2.23 bits per heavy atom. The van der Waals surface area contributed by atoms with Crippen LogP contribution in [0.2, 0.25) is 0 Å². The standard InChI is InChI=1S/C21H18O5/c1-2-3-5-10-20(23)25-15-19(22)16-11-13-18(14-12-16)26-21(24)17-8-6-4-7-9-17/h2-14H,15H2,1H3. The molecule has 132 valence electrons. The molecule has 5 heteroatoms. The highest BCUT2D eigenvalue weighted by molar-refractivity contribution is 5.98. The van der Waals surface area contributed by atoms with Crippen LogP contribution in [0.15, 0.2) is 78.9 Å². The second-order valence-corrected chi connectivity index (χ2v) is 5.20. The Morgan fingerprint density at radius 2 is 1.58 bits per heavy atom. The highest BCUT2D eigenvalue weighted by atomic mass is 16.5. The predicted octanol–water partition coefficient (Wildman–Crippen LogP) is 3.76. The molecule has 26 heavy (non-hydrogen) atoms. The number of ether oxygens (including phenoxy) is 2. The highest BCUT2D eigenvalue weighted by Crippen LogP contribution is 2.15. The van der Waals surface area contributed by atoms with Crippen LogP contribution < -0.4 is 4.74 Å². The average Bonchev–Trinajstić information content (AvgIpc) is 2.67. The fraction of sp³-hybridized carbons (Fsp3) is 0.0952. The van der Waals surface area contributed by atoms with E-state index in [9.17, 15) is 14.4 Å². The van der Waals surface area contributed by atoms with E-state index in [0.29, 0.717) is 16.9 Å². The third-order valence-corrected chi connectivity index (χ3v) is 3.28. The predicted molar refractivity (Wildman–Crippen MR) is 97.1 cm³/mol. The van der Waals surface area contributed by atoms with Crippen molar-refractivity contribution in [2.24, 2.45) is 0 Å².